The number of carboxylic acid groups (broad SMARTS) is 1. The molecule has 0 radical (unpaired) electrons. The van der Waals surface area contributed by atoms with Crippen LogP contribution in [0, 0.1) is 11.3 Å². The molecule has 1 amide bonds. The standard InChI is InChI=1S/C18H19N7O2S.C2HF3O2/c1-24-16(11(9-19)10-21-24)23-17(26)12-3-4-13(27-2)14-15(12)28-18(22-14)25-7-5-20-6-8-25;3-2(4,5)1(6)7/h3-4,10,20H,5-8H2,1-2H3,(H,23,26);(H,6,7). The monoisotopic (exact) mass is 511 g/mol. The summed E-state index contributed by atoms with van der Waals surface area (Å²) in [7, 11) is 3.27. The number of hydrogen-bond donors (Lipinski definition) is 3. The lowest BCUT2D eigenvalue weighted by Gasteiger charge is -2.26. The van der Waals surface area contributed by atoms with E-state index in [0.717, 1.165) is 36.0 Å². The molecule has 11 nitrogen and oxygen atoms in total. The number of fused-ring (bicyclic) bond motifs is 1. The first-order chi connectivity index (χ1) is 16.6. The van der Waals surface area contributed by atoms with E-state index >= 15 is 0 Å². The number of carbonyl (C=O) groups is 2. The van der Waals surface area contributed by atoms with E-state index in [2.05, 4.69) is 20.6 Å². The Morgan fingerprint density at radius 3 is 2.54 bits per heavy atom. The molecule has 2 aromatic heterocycles. The molecule has 1 saturated heterocycles. The van der Waals surface area contributed by atoms with E-state index in [-0.39, 0.29) is 5.91 Å². The van der Waals surface area contributed by atoms with Gasteiger partial charge >= 0.3 is 12.1 Å². The van der Waals surface area contributed by atoms with Gasteiger partial charge < -0.3 is 25.4 Å². The van der Waals surface area contributed by atoms with E-state index in [1.54, 1.807) is 26.3 Å². The summed E-state index contributed by atoms with van der Waals surface area (Å²) in [6, 6.07) is 5.50. The van der Waals surface area contributed by atoms with Gasteiger partial charge in [0.1, 0.15) is 28.7 Å². The zero-order chi connectivity index (χ0) is 25.8. The third-order valence-electron chi connectivity index (χ3n) is 4.88. The van der Waals surface area contributed by atoms with E-state index in [4.69, 9.17) is 19.6 Å². The lowest BCUT2D eigenvalue weighted by molar-refractivity contribution is -0.192. The summed E-state index contributed by atoms with van der Waals surface area (Å²) in [5.41, 5.74) is 1.46. The van der Waals surface area contributed by atoms with Gasteiger partial charge in [-0.3, -0.25) is 9.48 Å². The minimum absolute atomic E-state index is 0.311. The average Bonchev–Trinajstić information content (AvgIpc) is 3.43. The summed E-state index contributed by atoms with van der Waals surface area (Å²) in [5.74, 6) is -2.08. The van der Waals surface area contributed by atoms with Crippen molar-refractivity contribution in [3.05, 3.63) is 29.5 Å². The minimum atomic E-state index is -5.08. The average molecular weight is 511 g/mol. The van der Waals surface area contributed by atoms with E-state index < -0.39 is 12.1 Å². The highest BCUT2D eigenvalue weighted by atomic mass is 32.1. The minimum Gasteiger partial charge on any atom is -0.494 e. The Bertz CT molecular complexity index is 1280. The number of amides is 1. The Balaban J connectivity index is 0.000000429. The van der Waals surface area contributed by atoms with Gasteiger partial charge in [-0.25, -0.2) is 9.78 Å². The number of piperazine rings is 1. The quantitative estimate of drug-likeness (QED) is 0.480. The smallest absolute Gasteiger partial charge is 0.490 e. The van der Waals surface area contributed by atoms with Crippen LogP contribution in [0.2, 0.25) is 0 Å². The molecule has 3 heterocycles. The highest BCUT2D eigenvalue weighted by molar-refractivity contribution is 7.22. The number of benzene rings is 1. The molecule has 0 aliphatic carbocycles. The molecule has 0 unspecified atom stereocenters. The Morgan fingerprint density at radius 1 is 1.31 bits per heavy atom. The van der Waals surface area contributed by atoms with Crippen molar-refractivity contribution >= 4 is 44.4 Å². The van der Waals surface area contributed by atoms with Crippen LogP contribution in [0.5, 0.6) is 5.75 Å². The summed E-state index contributed by atoms with van der Waals surface area (Å²) in [6.45, 7) is 3.53. The summed E-state index contributed by atoms with van der Waals surface area (Å²) in [5, 5.41) is 27.4. The van der Waals surface area contributed by atoms with E-state index in [1.165, 1.54) is 22.2 Å². The summed E-state index contributed by atoms with van der Waals surface area (Å²) >= 11 is 1.47. The van der Waals surface area contributed by atoms with Crippen LogP contribution in [0.25, 0.3) is 10.2 Å². The lowest BCUT2D eigenvalue weighted by Crippen LogP contribution is -2.43. The number of rotatable bonds is 4. The van der Waals surface area contributed by atoms with Gasteiger partial charge in [0.05, 0.1) is 23.6 Å². The maximum absolute atomic E-state index is 13.0. The molecule has 0 saturated carbocycles. The van der Waals surface area contributed by atoms with Crippen molar-refractivity contribution in [2.75, 3.05) is 43.5 Å². The predicted molar refractivity (Wildman–Crippen MR) is 121 cm³/mol. The summed E-state index contributed by atoms with van der Waals surface area (Å²) in [4.78, 5) is 28.8. The Kier molecular flexibility index (Phi) is 7.77. The van der Waals surface area contributed by atoms with E-state index in [9.17, 15) is 23.2 Å². The molecule has 4 rings (SSSR count). The number of carboxylic acids is 1. The van der Waals surface area contributed by atoms with E-state index in [1.807, 2.05) is 6.07 Å². The molecule has 0 spiro atoms. The van der Waals surface area contributed by atoms with Gasteiger partial charge in [-0.1, -0.05) is 11.3 Å². The maximum atomic E-state index is 13.0. The van der Waals surface area contributed by atoms with Crippen molar-refractivity contribution < 1.29 is 32.6 Å². The second-order valence-corrected chi connectivity index (χ2v) is 8.10. The van der Waals surface area contributed by atoms with Crippen LogP contribution in [0.4, 0.5) is 24.1 Å². The fourth-order valence-electron chi connectivity index (χ4n) is 3.15. The zero-order valence-electron chi connectivity index (χ0n) is 18.5. The summed E-state index contributed by atoms with van der Waals surface area (Å²) < 4.78 is 39.4. The number of aryl methyl sites for hydroxylation is 1. The first kappa shape index (κ1) is 25.7. The molecule has 1 fully saturated rings. The van der Waals surface area contributed by atoms with Gasteiger partial charge in [-0.15, -0.1) is 0 Å². The van der Waals surface area contributed by atoms with E-state index in [0.29, 0.717) is 28.2 Å². The van der Waals surface area contributed by atoms with Crippen molar-refractivity contribution in [1.82, 2.24) is 20.1 Å². The first-order valence-electron chi connectivity index (χ1n) is 10.0. The number of thiazole rings is 1. The Labute approximate surface area is 200 Å². The van der Waals surface area contributed by atoms with Crippen molar-refractivity contribution in [2.24, 2.45) is 7.05 Å². The molecule has 35 heavy (non-hydrogen) atoms. The number of nitrogens with one attached hydrogen (secondary N) is 2. The highest BCUT2D eigenvalue weighted by Crippen LogP contribution is 2.37. The Morgan fingerprint density at radius 2 is 1.97 bits per heavy atom. The van der Waals surface area contributed by atoms with Gasteiger partial charge in [0, 0.05) is 33.2 Å². The fourth-order valence-corrected chi connectivity index (χ4v) is 4.29. The SMILES string of the molecule is COc1ccc(C(=O)Nc2c(C#N)cnn2C)c2sc(N3CCNCC3)nc12.O=C(O)C(F)(F)F. The van der Waals surface area contributed by atoms with Crippen molar-refractivity contribution in [3.63, 3.8) is 0 Å². The summed E-state index contributed by atoms with van der Waals surface area (Å²) in [6.07, 6.45) is -3.66. The van der Waals surface area contributed by atoms with Crippen LogP contribution in [-0.4, -0.2) is 71.2 Å². The van der Waals surface area contributed by atoms with Crippen molar-refractivity contribution in [3.8, 4) is 11.8 Å². The number of methoxy groups -OCH3 is 1. The molecule has 186 valence electrons. The molecular formula is C20H20F3N7O4S. The molecule has 1 aliphatic heterocycles. The Hall–Kier alpha value is -3.90. The van der Waals surface area contributed by atoms with Gasteiger partial charge in [0.25, 0.3) is 5.91 Å². The number of aromatic nitrogens is 3. The van der Waals surface area contributed by atoms with Crippen molar-refractivity contribution in [1.29, 1.82) is 5.26 Å². The number of anilines is 2. The number of carbonyl (C=O) groups excluding carboxylic acids is 1. The number of hydrogen-bond acceptors (Lipinski definition) is 9. The van der Waals surface area contributed by atoms with Crippen LogP contribution in [0.15, 0.2) is 18.3 Å². The first-order valence-corrected chi connectivity index (χ1v) is 10.8. The van der Waals surface area contributed by atoms with Gasteiger partial charge in [-0.2, -0.15) is 23.5 Å². The van der Waals surface area contributed by atoms with Crippen LogP contribution in [-0.2, 0) is 11.8 Å². The normalized spacial score (nSPS) is 13.5. The van der Waals surface area contributed by atoms with Crippen LogP contribution >= 0.6 is 11.3 Å². The fraction of sp³-hybridized carbons (Fsp3) is 0.350. The second kappa shape index (κ2) is 10.6. The highest BCUT2D eigenvalue weighted by Gasteiger charge is 2.38. The van der Waals surface area contributed by atoms with Crippen LogP contribution in [0.1, 0.15) is 15.9 Å². The number of halogens is 3. The third-order valence-corrected chi connectivity index (χ3v) is 6.03. The zero-order valence-corrected chi connectivity index (χ0v) is 19.3. The third kappa shape index (κ3) is 5.78. The number of nitriles is 1. The molecule has 1 aromatic carbocycles. The van der Waals surface area contributed by atoms with Gasteiger partial charge in [0.2, 0.25) is 0 Å². The lowest BCUT2D eigenvalue weighted by atomic mass is 10.2. The van der Waals surface area contributed by atoms with Gasteiger partial charge in [-0.05, 0) is 12.1 Å². The van der Waals surface area contributed by atoms with Crippen molar-refractivity contribution in [2.45, 2.75) is 6.18 Å². The second-order valence-electron chi connectivity index (χ2n) is 7.13. The molecule has 3 aromatic rings. The predicted octanol–water partition coefficient (Wildman–Crippen LogP) is 2.21. The molecule has 1 aliphatic rings. The van der Waals surface area contributed by atoms with Gasteiger partial charge in [0.15, 0.2) is 5.13 Å². The van der Waals surface area contributed by atoms with Crippen LogP contribution in [0.3, 0.4) is 0 Å². The molecular weight excluding hydrogens is 491 g/mol. The molecule has 3 N–H and O–H groups in total. The molecule has 15 heteroatoms. The number of aliphatic carboxylic acids is 1. The molecule has 0 bridgehead atoms. The number of nitrogens with zero attached hydrogens (tertiary/aromatic N) is 5. The number of ether oxygens (including phenoxy) is 1. The largest absolute Gasteiger partial charge is 0.494 e. The molecule has 0 atom stereocenters. The van der Waals surface area contributed by atoms with Crippen LogP contribution < -0.4 is 20.3 Å². The number of alkyl halides is 3. The topological polar surface area (TPSA) is 145 Å². The maximum Gasteiger partial charge on any atom is 0.490 e.